The standard InChI is InChI=1S/C24H25FN6OS2/c25-19-4-1-5-20(22(19)30-8-6-16(11-26)7-9-30)28-23(32)21-15-34-24(29-21)17-12-27-31(13-17)14-18-3-2-10-33-18/h1-5,10,12-13,15-16H,6-9,11,14,26H2,(H,28,32). The van der Waals surface area contributed by atoms with E-state index in [2.05, 4.69) is 21.5 Å². The number of anilines is 2. The minimum atomic E-state index is -0.364. The summed E-state index contributed by atoms with van der Waals surface area (Å²) in [6.45, 7) is 2.76. The Morgan fingerprint density at radius 1 is 1.21 bits per heavy atom. The fourth-order valence-electron chi connectivity index (χ4n) is 4.15. The molecule has 34 heavy (non-hydrogen) atoms. The van der Waals surface area contributed by atoms with Gasteiger partial charge in [-0.1, -0.05) is 12.1 Å². The van der Waals surface area contributed by atoms with Crippen LogP contribution >= 0.6 is 22.7 Å². The number of para-hydroxylation sites is 1. The molecule has 4 aromatic rings. The highest BCUT2D eigenvalue weighted by Crippen LogP contribution is 2.33. The molecule has 4 heterocycles. The molecule has 1 aliphatic heterocycles. The zero-order valence-electron chi connectivity index (χ0n) is 18.5. The largest absolute Gasteiger partial charge is 0.367 e. The summed E-state index contributed by atoms with van der Waals surface area (Å²) in [5.41, 5.74) is 7.82. The highest BCUT2D eigenvalue weighted by molar-refractivity contribution is 7.13. The summed E-state index contributed by atoms with van der Waals surface area (Å²) in [5.74, 6) is -0.248. The number of thiophene rings is 1. The quantitative estimate of drug-likeness (QED) is 0.388. The van der Waals surface area contributed by atoms with Crippen LogP contribution in [0.5, 0.6) is 0 Å². The molecule has 0 saturated carbocycles. The van der Waals surface area contributed by atoms with Crippen LogP contribution in [0.4, 0.5) is 15.8 Å². The van der Waals surface area contributed by atoms with Crippen molar-refractivity contribution in [1.29, 1.82) is 0 Å². The number of nitrogens with one attached hydrogen (secondary N) is 1. The Morgan fingerprint density at radius 3 is 2.82 bits per heavy atom. The van der Waals surface area contributed by atoms with Gasteiger partial charge in [-0.3, -0.25) is 9.48 Å². The lowest BCUT2D eigenvalue weighted by molar-refractivity contribution is 0.102. The summed E-state index contributed by atoms with van der Waals surface area (Å²) in [6, 6.07) is 8.85. The number of halogens is 1. The van der Waals surface area contributed by atoms with Crippen LogP contribution in [-0.4, -0.2) is 40.3 Å². The van der Waals surface area contributed by atoms with Gasteiger partial charge in [0.2, 0.25) is 0 Å². The molecule has 1 fully saturated rings. The minimum Gasteiger partial charge on any atom is -0.367 e. The number of hydrogen-bond donors (Lipinski definition) is 2. The minimum absolute atomic E-state index is 0.294. The van der Waals surface area contributed by atoms with Crippen LogP contribution in [0.1, 0.15) is 28.2 Å². The van der Waals surface area contributed by atoms with Crippen LogP contribution in [0.25, 0.3) is 10.6 Å². The van der Waals surface area contributed by atoms with E-state index in [-0.39, 0.29) is 11.7 Å². The third-order valence-electron chi connectivity index (χ3n) is 6.01. The van der Waals surface area contributed by atoms with Crippen LogP contribution in [0, 0.1) is 11.7 Å². The van der Waals surface area contributed by atoms with E-state index in [1.54, 1.807) is 35.0 Å². The van der Waals surface area contributed by atoms with E-state index >= 15 is 0 Å². The molecule has 5 rings (SSSR count). The lowest BCUT2D eigenvalue weighted by Gasteiger charge is -2.34. The molecule has 7 nitrogen and oxygen atoms in total. The van der Waals surface area contributed by atoms with E-state index < -0.39 is 0 Å². The van der Waals surface area contributed by atoms with Crippen molar-refractivity contribution in [2.75, 3.05) is 29.9 Å². The van der Waals surface area contributed by atoms with Gasteiger partial charge in [0.1, 0.15) is 16.5 Å². The summed E-state index contributed by atoms with van der Waals surface area (Å²) in [7, 11) is 0. The zero-order valence-corrected chi connectivity index (χ0v) is 20.1. The SMILES string of the molecule is NCC1CCN(c2c(F)cccc2NC(=O)c2csc(-c3cnn(Cc4cccs4)c3)n2)CC1. The van der Waals surface area contributed by atoms with Crippen LogP contribution in [0.3, 0.4) is 0 Å². The summed E-state index contributed by atoms with van der Waals surface area (Å²) < 4.78 is 16.6. The molecular weight excluding hydrogens is 471 g/mol. The number of aromatic nitrogens is 3. The van der Waals surface area contributed by atoms with Crippen molar-refractivity contribution in [1.82, 2.24) is 14.8 Å². The van der Waals surface area contributed by atoms with Crippen molar-refractivity contribution in [3.63, 3.8) is 0 Å². The number of nitrogens with zero attached hydrogens (tertiary/aromatic N) is 4. The van der Waals surface area contributed by atoms with Crippen molar-refractivity contribution in [2.24, 2.45) is 11.7 Å². The number of piperidine rings is 1. The van der Waals surface area contributed by atoms with Crippen molar-refractivity contribution < 1.29 is 9.18 Å². The zero-order chi connectivity index (χ0) is 23.5. The van der Waals surface area contributed by atoms with Gasteiger partial charge in [0.15, 0.2) is 0 Å². The van der Waals surface area contributed by atoms with E-state index in [1.165, 1.54) is 22.3 Å². The molecule has 10 heteroatoms. The van der Waals surface area contributed by atoms with Gasteiger partial charge in [-0.2, -0.15) is 5.10 Å². The molecule has 0 radical (unpaired) electrons. The van der Waals surface area contributed by atoms with Gasteiger partial charge in [0.05, 0.1) is 24.1 Å². The number of carbonyl (C=O) groups is 1. The van der Waals surface area contributed by atoms with Crippen molar-refractivity contribution in [2.45, 2.75) is 19.4 Å². The molecule has 1 aromatic carbocycles. The van der Waals surface area contributed by atoms with E-state index in [0.717, 1.165) is 18.4 Å². The topological polar surface area (TPSA) is 89.1 Å². The van der Waals surface area contributed by atoms with Gasteiger partial charge < -0.3 is 16.0 Å². The fraction of sp³-hybridized carbons (Fsp3) is 0.292. The molecule has 1 saturated heterocycles. The molecular formula is C24H25FN6OS2. The Kier molecular flexibility index (Phi) is 6.70. The Bertz CT molecular complexity index is 1260. The van der Waals surface area contributed by atoms with Gasteiger partial charge >= 0.3 is 0 Å². The smallest absolute Gasteiger partial charge is 0.275 e. The maximum Gasteiger partial charge on any atom is 0.275 e. The average molecular weight is 497 g/mol. The first-order valence-corrected chi connectivity index (χ1v) is 12.9. The van der Waals surface area contributed by atoms with Crippen molar-refractivity contribution >= 4 is 40.0 Å². The second-order valence-corrected chi connectivity index (χ2v) is 10.2. The van der Waals surface area contributed by atoms with Gasteiger partial charge in [-0.25, -0.2) is 9.37 Å². The van der Waals surface area contributed by atoms with E-state index in [0.29, 0.717) is 54.2 Å². The molecule has 0 aliphatic carbocycles. The number of thiazole rings is 1. The molecule has 0 unspecified atom stereocenters. The first-order valence-electron chi connectivity index (χ1n) is 11.2. The number of rotatable bonds is 7. The van der Waals surface area contributed by atoms with Crippen molar-refractivity contribution in [3.8, 4) is 10.6 Å². The van der Waals surface area contributed by atoms with Crippen LogP contribution < -0.4 is 16.0 Å². The van der Waals surface area contributed by atoms with Crippen LogP contribution in [0.2, 0.25) is 0 Å². The second-order valence-electron chi connectivity index (χ2n) is 8.30. The maximum absolute atomic E-state index is 14.8. The summed E-state index contributed by atoms with van der Waals surface area (Å²) >= 11 is 3.06. The number of amides is 1. The first-order chi connectivity index (χ1) is 16.6. The molecule has 0 atom stereocenters. The van der Waals surface area contributed by atoms with Gasteiger partial charge in [0, 0.05) is 35.1 Å². The fourth-order valence-corrected chi connectivity index (χ4v) is 5.62. The Labute approximate surface area is 205 Å². The Morgan fingerprint density at radius 2 is 2.06 bits per heavy atom. The van der Waals surface area contributed by atoms with Gasteiger partial charge in [-0.15, -0.1) is 22.7 Å². The molecule has 1 amide bonds. The summed E-state index contributed by atoms with van der Waals surface area (Å²) in [4.78, 5) is 20.7. The third kappa shape index (κ3) is 4.89. The van der Waals surface area contributed by atoms with Gasteiger partial charge in [0.25, 0.3) is 5.91 Å². The molecule has 0 bridgehead atoms. The van der Waals surface area contributed by atoms with Crippen LogP contribution in [-0.2, 0) is 6.54 Å². The molecule has 176 valence electrons. The second kappa shape index (κ2) is 10.0. The van der Waals surface area contributed by atoms with Crippen LogP contribution in [0.15, 0.2) is 53.5 Å². The van der Waals surface area contributed by atoms with Gasteiger partial charge in [-0.05, 0) is 48.9 Å². The monoisotopic (exact) mass is 496 g/mol. The van der Waals surface area contributed by atoms with E-state index in [4.69, 9.17) is 5.73 Å². The van der Waals surface area contributed by atoms with E-state index in [1.807, 2.05) is 27.2 Å². The molecule has 3 aromatic heterocycles. The normalized spacial score (nSPS) is 14.5. The highest BCUT2D eigenvalue weighted by atomic mass is 32.1. The summed E-state index contributed by atoms with van der Waals surface area (Å²) in [5, 5.41) is 11.7. The number of hydrogen-bond acceptors (Lipinski definition) is 7. The maximum atomic E-state index is 14.8. The Hall–Kier alpha value is -3.08. The molecule has 3 N–H and O–H groups in total. The van der Waals surface area contributed by atoms with E-state index in [9.17, 15) is 9.18 Å². The molecule has 0 spiro atoms. The number of carbonyl (C=O) groups excluding carboxylic acids is 1. The third-order valence-corrected chi connectivity index (χ3v) is 7.77. The average Bonchev–Trinajstić information content (AvgIpc) is 3.62. The Balaban J connectivity index is 1.30. The number of nitrogens with two attached hydrogens (primary N) is 1. The first kappa shape index (κ1) is 22.7. The van der Waals surface area contributed by atoms with Crippen molar-refractivity contribution in [3.05, 3.63) is 69.9 Å². The predicted octanol–water partition coefficient (Wildman–Crippen LogP) is 4.68. The molecule has 1 aliphatic rings. The highest BCUT2D eigenvalue weighted by Gasteiger charge is 2.24. The number of benzene rings is 1. The summed E-state index contributed by atoms with van der Waals surface area (Å²) in [6.07, 6.45) is 5.50. The lowest BCUT2D eigenvalue weighted by atomic mass is 9.96. The predicted molar refractivity (Wildman–Crippen MR) is 135 cm³/mol. The lowest BCUT2D eigenvalue weighted by Crippen LogP contribution is -2.37.